The Bertz CT molecular complexity index is 580. The van der Waals surface area contributed by atoms with Crippen molar-refractivity contribution in [3.8, 4) is 5.75 Å². The van der Waals surface area contributed by atoms with Crippen LogP contribution in [0.5, 0.6) is 5.75 Å². The molecule has 0 saturated carbocycles. The maximum atomic E-state index is 11.6. The molecule has 0 spiro atoms. The van der Waals surface area contributed by atoms with E-state index in [0.717, 1.165) is 21.9 Å². The van der Waals surface area contributed by atoms with Crippen molar-refractivity contribution < 1.29 is 9.53 Å². The first-order valence-corrected chi connectivity index (χ1v) is 8.37. The van der Waals surface area contributed by atoms with Gasteiger partial charge in [0.2, 0.25) is 5.91 Å². The topological polar surface area (TPSA) is 50.7 Å². The van der Waals surface area contributed by atoms with Gasteiger partial charge in [-0.2, -0.15) is 5.10 Å². The number of nitrogens with zero attached hydrogens (tertiary/aromatic N) is 1. The lowest BCUT2D eigenvalue weighted by molar-refractivity contribution is -0.118. The molecule has 2 aromatic rings. The van der Waals surface area contributed by atoms with Gasteiger partial charge in [0.1, 0.15) is 5.75 Å². The van der Waals surface area contributed by atoms with E-state index in [1.807, 2.05) is 41.8 Å². The molecule has 0 aliphatic rings. The van der Waals surface area contributed by atoms with Gasteiger partial charge in [0, 0.05) is 10.6 Å². The first-order chi connectivity index (χ1) is 10.3. The number of benzene rings is 1. The standard InChI is InChI=1S/C15H16N2O2S2/c1-19-13-6-4-12(5-7-13)10-20-11-15(18)17-16-9-14-3-2-8-21-14/h2-9H,10-11H2,1H3,(H,17,18)/b16-9+. The molecule has 1 heterocycles. The predicted octanol–water partition coefficient (Wildman–Crippen LogP) is 3.14. The number of hydrogen-bond acceptors (Lipinski definition) is 5. The summed E-state index contributed by atoms with van der Waals surface area (Å²) in [5.41, 5.74) is 3.68. The molecule has 0 aliphatic heterocycles. The Morgan fingerprint density at radius 3 is 2.86 bits per heavy atom. The van der Waals surface area contributed by atoms with Crippen molar-refractivity contribution >= 4 is 35.2 Å². The summed E-state index contributed by atoms with van der Waals surface area (Å²) in [4.78, 5) is 12.6. The molecule has 0 unspecified atom stereocenters. The van der Waals surface area contributed by atoms with E-state index in [9.17, 15) is 4.79 Å². The van der Waals surface area contributed by atoms with E-state index in [1.165, 1.54) is 0 Å². The van der Waals surface area contributed by atoms with Gasteiger partial charge < -0.3 is 4.74 Å². The van der Waals surface area contributed by atoms with E-state index in [0.29, 0.717) is 5.75 Å². The quantitative estimate of drug-likeness (QED) is 0.630. The molecule has 1 aromatic carbocycles. The number of hydrazone groups is 1. The number of amides is 1. The molecule has 2 rings (SSSR count). The van der Waals surface area contributed by atoms with Gasteiger partial charge in [-0.3, -0.25) is 4.79 Å². The van der Waals surface area contributed by atoms with E-state index in [2.05, 4.69) is 10.5 Å². The highest BCUT2D eigenvalue weighted by molar-refractivity contribution is 7.99. The monoisotopic (exact) mass is 320 g/mol. The van der Waals surface area contributed by atoms with Gasteiger partial charge in [0.25, 0.3) is 0 Å². The molecule has 1 N–H and O–H groups in total. The fourth-order valence-electron chi connectivity index (χ4n) is 1.55. The van der Waals surface area contributed by atoms with E-state index in [-0.39, 0.29) is 5.91 Å². The van der Waals surface area contributed by atoms with Crippen LogP contribution in [0.15, 0.2) is 46.9 Å². The zero-order chi connectivity index (χ0) is 14.9. The van der Waals surface area contributed by atoms with Crippen LogP contribution >= 0.6 is 23.1 Å². The summed E-state index contributed by atoms with van der Waals surface area (Å²) in [5.74, 6) is 1.91. The number of hydrogen-bond donors (Lipinski definition) is 1. The number of rotatable bonds is 7. The third-order valence-electron chi connectivity index (χ3n) is 2.59. The number of ether oxygens (including phenoxy) is 1. The van der Waals surface area contributed by atoms with E-state index in [1.54, 1.807) is 36.4 Å². The minimum absolute atomic E-state index is 0.0960. The van der Waals surface area contributed by atoms with Crippen molar-refractivity contribution in [1.29, 1.82) is 0 Å². The van der Waals surface area contributed by atoms with Gasteiger partial charge in [0.05, 0.1) is 19.1 Å². The van der Waals surface area contributed by atoms with Crippen molar-refractivity contribution in [2.75, 3.05) is 12.9 Å². The summed E-state index contributed by atoms with van der Waals surface area (Å²) in [6.07, 6.45) is 1.65. The lowest BCUT2D eigenvalue weighted by Crippen LogP contribution is -2.19. The van der Waals surface area contributed by atoms with Crippen molar-refractivity contribution in [2.45, 2.75) is 5.75 Å². The second kappa shape index (κ2) is 8.49. The second-order valence-corrected chi connectivity index (χ2v) is 6.11. The van der Waals surface area contributed by atoms with Crippen LogP contribution in [0.3, 0.4) is 0 Å². The number of nitrogens with one attached hydrogen (secondary N) is 1. The highest BCUT2D eigenvalue weighted by Gasteiger charge is 2.01. The van der Waals surface area contributed by atoms with Crippen LogP contribution in [-0.4, -0.2) is 25.0 Å². The minimum atomic E-state index is -0.0960. The molecule has 4 nitrogen and oxygen atoms in total. The normalized spacial score (nSPS) is 10.7. The van der Waals surface area contributed by atoms with Gasteiger partial charge >= 0.3 is 0 Å². The maximum absolute atomic E-state index is 11.6. The molecule has 0 radical (unpaired) electrons. The van der Waals surface area contributed by atoms with E-state index >= 15 is 0 Å². The molecule has 0 bridgehead atoms. The summed E-state index contributed by atoms with van der Waals surface area (Å²) in [5, 5.41) is 5.88. The van der Waals surface area contributed by atoms with Gasteiger partial charge in [-0.1, -0.05) is 18.2 Å². The molecule has 0 aliphatic carbocycles. The molecule has 1 aromatic heterocycles. The predicted molar refractivity (Wildman–Crippen MR) is 89.2 cm³/mol. The molecule has 0 atom stereocenters. The first kappa shape index (κ1) is 15.6. The molecular weight excluding hydrogens is 304 g/mol. The Hall–Kier alpha value is -1.79. The van der Waals surface area contributed by atoms with Crippen LogP contribution < -0.4 is 10.2 Å². The van der Waals surface area contributed by atoms with Crippen molar-refractivity contribution in [3.63, 3.8) is 0 Å². The van der Waals surface area contributed by atoms with Gasteiger partial charge in [-0.25, -0.2) is 5.43 Å². The summed E-state index contributed by atoms with van der Waals surface area (Å²) < 4.78 is 5.10. The molecule has 0 fully saturated rings. The smallest absolute Gasteiger partial charge is 0.250 e. The van der Waals surface area contributed by atoms with Crippen molar-refractivity contribution in [1.82, 2.24) is 5.43 Å². The summed E-state index contributed by atoms with van der Waals surface area (Å²) in [6.45, 7) is 0. The van der Waals surface area contributed by atoms with E-state index in [4.69, 9.17) is 4.74 Å². The van der Waals surface area contributed by atoms with Crippen LogP contribution in [0.4, 0.5) is 0 Å². The fourth-order valence-corrected chi connectivity index (χ4v) is 2.91. The first-order valence-electron chi connectivity index (χ1n) is 6.34. The Morgan fingerprint density at radius 1 is 1.38 bits per heavy atom. The number of carbonyl (C=O) groups is 1. The van der Waals surface area contributed by atoms with Crippen LogP contribution in [0.1, 0.15) is 10.4 Å². The molecule has 110 valence electrons. The third-order valence-corrected chi connectivity index (χ3v) is 4.40. The Kier molecular flexibility index (Phi) is 6.30. The lowest BCUT2D eigenvalue weighted by Gasteiger charge is -2.03. The average Bonchev–Trinajstić information content (AvgIpc) is 3.01. The zero-order valence-electron chi connectivity index (χ0n) is 11.6. The highest BCUT2D eigenvalue weighted by atomic mass is 32.2. The summed E-state index contributed by atoms with van der Waals surface area (Å²) in [7, 11) is 1.64. The number of thioether (sulfide) groups is 1. The number of carbonyl (C=O) groups excluding carboxylic acids is 1. The summed E-state index contributed by atoms with van der Waals surface area (Å²) in [6, 6.07) is 11.7. The largest absolute Gasteiger partial charge is 0.497 e. The van der Waals surface area contributed by atoms with Gasteiger partial charge in [-0.15, -0.1) is 23.1 Å². The van der Waals surface area contributed by atoms with Gasteiger partial charge in [-0.05, 0) is 29.1 Å². The van der Waals surface area contributed by atoms with Crippen LogP contribution in [0.2, 0.25) is 0 Å². The van der Waals surface area contributed by atoms with E-state index < -0.39 is 0 Å². The second-order valence-electron chi connectivity index (χ2n) is 4.15. The van der Waals surface area contributed by atoms with Crippen molar-refractivity contribution in [3.05, 3.63) is 52.2 Å². The Labute approximate surface area is 132 Å². The molecule has 21 heavy (non-hydrogen) atoms. The zero-order valence-corrected chi connectivity index (χ0v) is 13.2. The van der Waals surface area contributed by atoms with Crippen LogP contribution in [-0.2, 0) is 10.5 Å². The molecule has 1 amide bonds. The van der Waals surface area contributed by atoms with Gasteiger partial charge in [0.15, 0.2) is 0 Å². The molecular formula is C15H16N2O2S2. The van der Waals surface area contributed by atoms with Crippen LogP contribution in [0, 0.1) is 0 Å². The number of thiophene rings is 1. The number of methoxy groups -OCH3 is 1. The third kappa shape index (κ3) is 5.61. The maximum Gasteiger partial charge on any atom is 0.250 e. The van der Waals surface area contributed by atoms with Crippen molar-refractivity contribution in [2.24, 2.45) is 5.10 Å². The molecule has 0 saturated heterocycles. The molecule has 6 heteroatoms. The highest BCUT2D eigenvalue weighted by Crippen LogP contribution is 2.16. The lowest BCUT2D eigenvalue weighted by atomic mass is 10.2. The summed E-state index contributed by atoms with van der Waals surface area (Å²) >= 11 is 3.13. The average molecular weight is 320 g/mol. The Balaban J connectivity index is 1.66. The minimum Gasteiger partial charge on any atom is -0.497 e. The fraction of sp³-hybridized carbons (Fsp3) is 0.200. The SMILES string of the molecule is COc1ccc(CSCC(=O)N/N=C/c2cccs2)cc1. The Morgan fingerprint density at radius 2 is 2.19 bits per heavy atom. The van der Waals surface area contributed by atoms with Crippen LogP contribution in [0.25, 0.3) is 0 Å².